The Balaban J connectivity index is 3.11. The molecule has 8 heavy (non-hydrogen) atoms. The van der Waals surface area contributed by atoms with Crippen molar-refractivity contribution >= 4 is 23.2 Å². The lowest BCUT2D eigenvalue weighted by atomic mass is 10.3. The molecule has 1 radical (unpaired) electrons. The summed E-state index contributed by atoms with van der Waals surface area (Å²) >= 11 is 9.74. The van der Waals surface area contributed by atoms with Gasteiger partial charge in [0, 0.05) is 6.42 Å². The van der Waals surface area contributed by atoms with Crippen LogP contribution in [0.15, 0.2) is 0 Å². The molecule has 0 aliphatic carbocycles. The van der Waals surface area contributed by atoms with Crippen LogP contribution in [0.4, 0.5) is 4.39 Å². The van der Waals surface area contributed by atoms with Crippen LogP contribution in [0.1, 0.15) is 12.8 Å². The maximum Gasteiger partial charge on any atom is 0.257 e. The fraction of sp³-hybridized carbons (Fsp3) is 1.00. The van der Waals surface area contributed by atoms with Crippen molar-refractivity contribution in [1.29, 1.82) is 0 Å². The molecule has 0 aromatic carbocycles. The van der Waals surface area contributed by atoms with Gasteiger partial charge in [-0.2, -0.15) is 0 Å². The molecule has 49 valence electrons. The summed E-state index contributed by atoms with van der Waals surface area (Å²) in [7, 11) is 0. The zero-order valence-electron chi connectivity index (χ0n) is 4.16. The Hall–Kier alpha value is 0.470. The second-order valence-corrected chi connectivity index (χ2v) is 2.81. The van der Waals surface area contributed by atoms with E-state index >= 15 is 0 Å². The Morgan fingerprint density at radius 1 is 1.50 bits per heavy atom. The summed E-state index contributed by atoms with van der Waals surface area (Å²) in [5.74, 6) is 0. The van der Waals surface area contributed by atoms with Crippen LogP contribution in [-0.2, 0) is 5.11 Å². The van der Waals surface area contributed by atoms with E-state index in [1.807, 2.05) is 0 Å². The first kappa shape index (κ1) is 8.47. The Morgan fingerprint density at radius 3 is 2.12 bits per heavy atom. The maximum atomic E-state index is 12.0. The van der Waals surface area contributed by atoms with Gasteiger partial charge in [0.25, 0.3) is 4.59 Å². The van der Waals surface area contributed by atoms with E-state index in [1.54, 1.807) is 0 Å². The van der Waals surface area contributed by atoms with Crippen LogP contribution < -0.4 is 0 Å². The number of hydrogen-bond donors (Lipinski definition) is 0. The van der Waals surface area contributed by atoms with Crippen molar-refractivity contribution in [3.63, 3.8) is 0 Å². The summed E-state index contributed by atoms with van der Waals surface area (Å²) in [6, 6.07) is 0. The highest BCUT2D eigenvalue weighted by molar-refractivity contribution is 6.47. The van der Waals surface area contributed by atoms with Crippen molar-refractivity contribution in [2.45, 2.75) is 17.4 Å². The number of alkyl halides is 3. The van der Waals surface area contributed by atoms with Crippen LogP contribution in [0.2, 0.25) is 0 Å². The monoisotopic (exact) mass is 159 g/mol. The van der Waals surface area contributed by atoms with Crippen LogP contribution in [0.3, 0.4) is 0 Å². The Morgan fingerprint density at radius 2 is 2.00 bits per heavy atom. The van der Waals surface area contributed by atoms with E-state index in [4.69, 9.17) is 23.2 Å². The molecule has 0 aromatic heterocycles. The van der Waals surface area contributed by atoms with Crippen molar-refractivity contribution in [3.8, 4) is 0 Å². The average molecular weight is 160 g/mol. The zero-order valence-corrected chi connectivity index (χ0v) is 5.68. The van der Waals surface area contributed by atoms with Gasteiger partial charge in [0.2, 0.25) is 0 Å². The maximum absolute atomic E-state index is 12.0. The predicted molar refractivity (Wildman–Crippen MR) is 30.3 cm³/mol. The first-order valence-corrected chi connectivity index (χ1v) is 2.97. The normalized spacial score (nSPS) is 12.0. The molecule has 0 aliphatic rings. The van der Waals surface area contributed by atoms with Crippen molar-refractivity contribution < 1.29 is 9.50 Å². The standard InChI is InChI=1S/C4H6Cl2FO/c5-4(6,7)2-1-3-8/h1-3H2. The molecular formula is C4H6Cl2FO. The van der Waals surface area contributed by atoms with Gasteiger partial charge in [0.05, 0.1) is 6.61 Å². The Kier molecular flexibility index (Phi) is 3.69. The predicted octanol–water partition coefficient (Wildman–Crippen LogP) is 2.30. The molecule has 0 rings (SSSR count). The van der Waals surface area contributed by atoms with Gasteiger partial charge < -0.3 is 0 Å². The highest BCUT2D eigenvalue weighted by atomic mass is 35.5. The van der Waals surface area contributed by atoms with E-state index < -0.39 is 4.59 Å². The van der Waals surface area contributed by atoms with Gasteiger partial charge in [-0.3, -0.25) is 0 Å². The lowest BCUT2D eigenvalue weighted by molar-refractivity contribution is 0.177. The molecule has 0 heterocycles. The van der Waals surface area contributed by atoms with Crippen LogP contribution in [0.5, 0.6) is 0 Å². The second-order valence-electron chi connectivity index (χ2n) is 1.42. The lowest BCUT2D eigenvalue weighted by Gasteiger charge is -2.04. The first-order valence-electron chi connectivity index (χ1n) is 2.21. The van der Waals surface area contributed by atoms with Crippen molar-refractivity contribution in [2.24, 2.45) is 0 Å². The molecule has 1 nitrogen and oxygen atoms in total. The van der Waals surface area contributed by atoms with Crippen molar-refractivity contribution in [1.82, 2.24) is 0 Å². The summed E-state index contributed by atoms with van der Waals surface area (Å²) in [4.78, 5) is 0. The van der Waals surface area contributed by atoms with E-state index in [-0.39, 0.29) is 19.4 Å². The number of halogens is 3. The van der Waals surface area contributed by atoms with Gasteiger partial charge in [-0.1, -0.05) is 23.2 Å². The van der Waals surface area contributed by atoms with E-state index in [1.165, 1.54) is 0 Å². The third-order valence-electron chi connectivity index (χ3n) is 0.605. The van der Waals surface area contributed by atoms with E-state index in [9.17, 15) is 9.50 Å². The van der Waals surface area contributed by atoms with Crippen molar-refractivity contribution in [2.75, 3.05) is 6.61 Å². The summed E-state index contributed by atoms with van der Waals surface area (Å²) in [6.45, 7) is -0.328. The molecule has 0 unspecified atom stereocenters. The molecule has 0 saturated carbocycles. The molecule has 0 aliphatic heterocycles. The minimum absolute atomic E-state index is 0.0837. The minimum Gasteiger partial charge on any atom is -0.237 e. The first-order chi connectivity index (χ1) is 3.56. The molecule has 0 atom stereocenters. The summed E-state index contributed by atoms with van der Waals surface area (Å²) in [5.41, 5.74) is 0. The Bertz CT molecular complexity index is 61.5. The van der Waals surface area contributed by atoms with Gasteiger partial charge >= 0.3 is 0 Å². The van der Waals surface area contributed by atoms with Gasteiger partial charge in [0.1, 0.15) is 0 Å². The molecule has 0 aromatic rings. The number of rotatable bonds is 3. The summed E-state index contributed by atoms with van der Waals surface area (Å²) in [5, 5.41) is 9.69. The van der Waals surface area contributed by atoms with Crippen LogP contribution in [0, 0.1) is 0 Å². The van der Waals surface area contributed by atoms with Gasteiger partial charge in [0.15, 0.2) is 0 Å². The molecular weight excluding hydrogens is 154 g/mol. The van der Waals surface area contributed by atoms with Crippen LogP contribution in [0.25, 0.3) is 0 Å². The van der Waals surface area contributed by atoms with Crippen molar-refractivity contribution in [3.05, 3.63) is 0 Å². The van der Waals surface area contributed by atoms with Crippen LogP contribution >= 0.6 is 23.2 Å². The Labute approximate surface area is 57.4 Å². The topological polar surface area (TPSA) is 19.9 Å². The quantitative estimate of drug-likeness (QED) is 0.564. The van der Waals surface area contributed by atoms with E-state index in [0.717, 1.165) is 0 Å². The second kappa shape index (κ2) is 3.49. The fourth-order valence-corrected chi connectivity index (χ4v) is 0.540. The number of hydrogen-bond acceptors (Lipinski definition) is 0. The molecule has 0 N–H and O–H groups in total. The highest BCUT2D eigenvalue weighted by Crippen LogP contribution is 2.27. The summed E-state index contributed by atoms with van der Waals surface area (Å²) < 4.78 is 9.76. The molecule has 0 amide bonds. The van der Waals surface area contributed by atoms with Gasteiger partial charge in [-0.25, -0.2) is 9.50 Å². The lowest BCUT2D eigenvalue weighted by Crippen LogP contribution is -2.03. The third kappa shape index (κ3) is 6.47. The van der Waals surface area contributed by atoms with Gasteiger partial charge in [-0.05, 0) is 6.42 Å². The highest BCUT2D eigenvalue weighted by Gasteiger charge is 2.20. The SMILES string of the molecule is [O]CCCC(F)(Cl)Cl. The molecule has 0 fully saturated rings. The van der Waals surface area contributed by atoms with Gasteiger partial charge in [-0.15, -0.1) is 0 Å². The molecule has 0 bridgehead atoms. The minimum atomic E-state index is -2.20. The average Bonchev–Trinajstić information content (AvgIpc) is 1.59. The summed E-state index contributed by atoms with van der Waals surface area (Å²) in [6.07, 6.45) is 0.100. The fourth-order valence-electron chi connectivity index (χ4n) is 0.273. The zero-order chi connectivity index (χ0) is 6.62. The van der Waals surface area contributed by atoms with Crippen LogP contribution in [-0.4, -0.2) is 11.2 Å². The smallest absolute Gasteiger partial charge is 0.237 e. The third-order valence-corrected chi connectivity index (χ3v) is 0.983. The molecule has 0 spiro atoms. The largest absolute Gasteiger partial charge is 0.257 e. The molecule has 0 saturated heterocycles. The van der Waals surface area contributed by atoms with E-state index in [0.29, 0.717) is 0 Å². The van der Waals surface area contributed by atoms with E-state index in [2.05, 4.69) is 0 Å². The molecule has 4 heteroatoms.